The highest BCUT2D eigenvalue weighted by Gasteiger charge is 1.58. The van der Waals surface area contributed by atoms with Crippen LogP contribution in [0.15, 0.2) is 25.3 Å². The van der Waals surface area contributed by atoms with E-state index in [1.54, 1.807) is 13.2 Å². The maximum Gasteiger partial charge on any atom is 0.0641 e. The Bertz CT molecular complexity index is 59.9. The first kappa shape index (κ1) is 11.2. The fourth-order valence-corrected chi connectivity index (χ4v) is 0.118. The third-order valence-electron chi connectivity index (χ3n) is 0.414. The Kier molecular flexibility index (Phi) is 19.5. The standard InChI is InChI=1S/C4H8O.C3H6O/c1-3-4-5-2;1-2-3-4/h3H,1,4H2,2H3;2,4H,1,3H2. The van der Waals surface area contributed by atoms with Crippen LogP contribution in [0.25, 0.3) is 0 Å². The lowest BCUT2D eigenvalue weighted by molar-refractivity contribution is 0.234. The van der Waals surface area contributed by atoms with Gasteiger partial charge in [-0.2, -0.15) is 0 Å². The fraction of sp³-hybridized carbons (Fsp3) is 0.429. The van der Waals surface area contributed by atoms with Crippen molar-refractivity contribution in [1.29, 1.82) is 0 Å². The van der Waals surface area contributed by atoms with E-state index in [0.29, 0.717) is 6.61 Å². The topological polar surface area (TPSA) is 29.5 Å². The average molecular weight is 130 g/mol. The summed E-state index contributed by atoms with van der Waals surface area (Å²) in [6.45, 7) is 7.39. The number of ether oxygens (including phenoxy) is 1. The summed E-state index contributed by atoms with van der Waals surface area (Å²) in [5.41, 5.74) is 0. The second-order valence-electron chi connectivity index (χ2n) is 1.22. The number of hydrogen-bond acceptors (Lipinski definition) is 2. The van der Waals surface area contributed by atoms with E-state index >= 15 is 0 Å². The highest BCUT2D eigenvalue weighted by molar-refractivity contribution is 4.62. The second-order valence-corrected chi connectivity index (χ2v) is 1.22. The summed E-state index contributed by atoms with van der Waals surface area (Å²) in [6.07, 6.45) is 3.14. The van der Waals surface area contributed by atoms with Crippen molar-refractivity contribution in [2.45, 2.75) is 0 Å². The van der Waals surface area contributed by atoms with Gasteiger partial charge < -0.3 is 9.84 Å². The Labute approximate surface area is 56.5 Å². The van der Waals surface area contributed by atoms with Crippen LogP contribution in [-0.4, -0.2) is 25.4 Å². The van der Waals surface area contributed by atoms with Gasteiger partial charge in [-0.05, 0) is 0 Å². The van der Waals surface area contributed by atoms with E-state index in [0.717, 1.165) is 0 Å². The molecular formula is C7H14O2. The smallest absolute Gasteiger partial charge is 0.0641 e. The van der Waals surface area contributed by atoms with Gasteiger partial charge in [-0.1, -0.05) is 12.2 Å². The van der Waals surface area contributed by atoms with Gasteiger partial charge in [0.25, 0.3) is 0 Å². The minimum atomic E-state index is 0.0833. The van der Waals surface area contributed by atoms with Crippen molar-refractivity contribution in [3.8, 4) is 0 Å². The van der Waals surface area contributed by atoms with Crippen LogP contribution in [0, 0.1) is 0 Å². The SMILES string of the molecule is C=CCO.C=CCOC. The number of aliphatic hydroxyl groups is 1. The summed E-state index contributed by atoms with van der Waals surface area (Å²) in [7, 11) is 1.64. The van der Waals surface area contributed by atoms with Crippen molar-refractivity contribution < 1.29 is 9.84 Å². The molecule has 0 radical (unpaired) electrons. The fourth-order valence-electron chi connectivity index (χ4n) is 0.118. The molecule has 0 unspecified atom stereocenters. The molecule has 0 spiro atoms. The molecule has 0 amide bonds. The van der Waals surface area contributed by atoms with E-state index in [1.807, 2.05) is 0 Å². The molecule has 0 aromatic heterocycles. The Morgan fingerprint density at radius 3 is 1.89 bits per heavy atom. The zero-order valence-electron chi connectivity index (χ0n) is 5.84. The van der Waals surface area contributed by atoms with Crippen molar-refractivity contribution in [1.82, 2.24) is 0 Å². The zero-order chi connectivity index (χ0) is 7.54. The van der Waals surface area contributed by atoms with Gasteiger partial charge in [-0.25, -0.2) is 0 Å². The first-order valence-electron chi connectivity index (χ1n) is 2.65. The lowest BCUT2D eigenvalue weighted by Crippen LogP contribution is -1.76. The number of hydrogen-bond donors (Lipinski definition) is 1. The Morgan fingerprint density at radius 2 is 1.89 bits per heavy atom. The predicted octanol–water partition coefficient (Wildman–Crippen LogP) is 0.984. The molecule has 1 N–H and O–H groups in total. The molecule has 0 heterocycles. The molecule has 2 heteroatoms. The van der Waals surface area contributed by atoms with Crippen LogP contribution in [0.1, 0.15) is 0 Å². The highest BCUT2D eigenvalue weighted by Crippen LogP contribution is 1.60. The molecule has 2 nitrogen and oxygen atoms in total. The summed E-state index contributed by atoms with van der Waals surface area (Å²) >= 11 is 0. The van der Waals surface area contributed by atoms with Crippen LogP contribution in [0.5, 0.6) is 0 Å². The minimum absolute atomic E-state index is 0.0833. The summed E-state index contributed by atoms with van der Waals surface area (Å²) in [5, 5.41) is 7.76. The second kappa shape index (κ2) is 15.7. The number of aliphatic hydroxyl groups excluding tert-OH is 1. The van der Waals surface area contributed by atoms with Gasteiger partial charge in [0.2, 0.25) is 0 Å². The quantitative estimate of drug-likeness (QED) is 0.577. The van der Waals surface area contributed by atoms with Crippen LogP contribution in [-0.2, 0) is 4.74 Å². The van der Waals surface area contributed by atoms with Crippen molar-refractivity contribution in [2.75, 3.05) is 20.3 Å². The van der Waals surface area contributed by atoms with E-state index in [9.17, 15) is 0 Å². The highest BCUT2D eigenvalue weighted by atomic mass is 16.5. The Balaban J connectivity index is 0. The van der Waals surface area contributed by atoms with E-state index < -0.39 is 0 Å². The lowest BCUT2D eigenvalue weighted by Gasteiger charge is -1.79. The van der Waals surface area contributed by atoms with Gasteiger partial charge in [0, 0.05) is 7.11 Å². The molecule has 0 saturated carbocycles. The van der Waals surface area contributed by atoms with Crippen molar-refractivity contribution in [3.63, 3.8) is 0 Å². The Hall–Kier alpha value is -0.600. The summed E-state index contributed by atoms with van der Waals surface area (Å²) in [5.74, 6) is 0. The van der Waals surface area contributed by atoms with Crippen LogP contribution in [0.4, 0.5) is 0 Å². The molecule has 0 aliphatic heterocycles. The van der Waals surface area contributed by atoms with Gasteiger partial charge >= 0.3 is 0 Å². The first-order chi connectivity index (χ1) is 4.33. The maximum atomic E-state index is 7.76. The molecule has 54 valence electrons. The largest absolute Gasteiger partial charge is 0.392 e. The van der Waals surface area contributed by atoms with Gasteiger partial charge in [0.05, 0.1) is 13.2 Å². The van der Waals surface area contributed by atoms with Gasteiger partial charge in [-0.15, -0.1) is 13.2 Å². The summed E-state index contributed by atoms with van der Waals surface area (Å²) in [4.78, 5) is 0. The normalized spacial score (nSPS) is 6.89. The maximum absolute atomic E-state index is 7.76. The first-order valence-corrected chi connectivity index (χ1v) is 2.65. The molecule has 0 saturated heterocycles. The van der Waals surface area contributed by atoms with Crippen LogP contribution < -0.4 is 0 Å². The molecular weight excluding hydrogens is 116 g/mol. The molecule has 0 aromatic rings. The van der Waals surface area contributed by atoms with Crippen molar-refractivity contribution in [2.24, 2.45) is 0 Å². The lowest BCUT2D eigenvalue weighted by atomic mass is 10.7. The third-order valence-corrected chi connectivity index (χ3v) is 0.414. The van der Waals surface area contributed by atoms with Crippen LogP contribution in [0.3, 0.4) is 0 Å². The summed E-state index contributed by atoms with van der Waals surface area (Å²) < 4.78 is 4.57. The molecule has 0 atom stereocenters. The van der Waals surface area contributed by atoms with Gasteiger partial charge in [0.15, 0.2) is 0 Å². The van der Waals surface area contributed by atoms with Crippen molar-refractivity contribution >= 4 is 0 Å². The molecule has 0 aliphatic rings. The zero-order valence-corrected chi connectivity index (χ0v) is 5.84. The Morgan fingerprint density at radius 1 is 1.44 bits per heavy atom. The van der Waals surface area contributed by atoms with Crippen molar-refractivity contribution in [3.05, 3.63) is 25.3 Å². The van der Waals surface area contributed by atoms with Gasteiger partial charge in [-0.3, -0.25) is 0 Å². The van der Waals surface area contributed by atoms with E-state index in [1.165, 1.54) is 6.08 Å². The van der Waals surface area contributed by atoms with Gasteiger partial charge in [0.1, 0.15) is 0 Å². The number of methoxy groups -OCH3 is 1. The van der Waals surface area contributed by atoms with E-state index in [-0.39, 0.29) is 6.61 Å². The molecule has 0 aromatic carbocycles. The summed E-state index contributed by atoms with van der Waals surface area (Å²) in [6, 6.07) is 0. The third kappa shape index (κ3) is 37.5. The van der Waals surface area contributed by atoms with E-state index in [4.69, 9.17) is 5.11 Å². The monoisotopic (exact) mass is 130 g/mol. The number of rotatable bonds is 3. The molecule has 0 aliphatic carbocycles. The minimum Gasteiger partial charge on any atom is -0.392 e. The molecule has 0 rings (SSSR count). The molecule has 0 fully saturated rings. The average Bonchev–Trinajstić information content (AvgIpc) is 1.91. The molecule has 0 bridgehead atoms. The molecule has 9 heavy (non-hydrogen) atoms. The predicted molar refractivity (Wildman–Crippen MR) is 39.4 cm³/mol. The van der Waals surface area contributed by atoms with Crippen LogP contribution in [0.2, 0.25) is 0 Å². The van der Waals surface area contributed by atoms with Crippen LogP contribution >= 0.6 is 0 Å². The van der Waals surface area contributed by atoms with E-state index in [2.05, 4.69) is 17.9 Å².